The third kappa shape index (κ3) is 3.82. The lowest BCUT2D eigenvalue weighted by Gasteiger charge is -2.13. The first-order valence-electron chi connectivity index (χ1n) is 6.43. The minimum absolute atomic E-state index is 0.0413. The predicted octanol–water partition coefficient (Wildman–Crippen LogP) is 3.70. The minimum Gasteiger partial charge on any atom is -0.496 e. The van der Waals surface area contributed by atoms with Crippen molar-refractivity contribution in [3.8, 4) is 5.75 Å². The molecule has 0 bridgehead atoms. The van der Waals surface area contributed by atoms with Crippen LogP contribution in [0.1, 0.15) is 20.7 Å². The molecule has 1 atom stereocenters. The molecule has 0 aliphatic rings. The first-order valence-corrected chi connectivity index (χ1v) is 7.34. The van der Waals surface area contributed by atoms with Gasteiger partial charge >= 0.3 is 0 Å². The summed E-state index contributed by atoms with van der Waals surface area (Å²) in [6.45, 7) is 0.348. The van der Waals surface area contributed by atoms with Crippen molar-refractivity contribution in [2.45, 2.75) is 4.83 Å². The zero-order chi connectivity index (χ0) is 15.2. The second kappa shape index (κ2) is 7.22. The fraction of sp³-hybridized carbons (Fsp3) is 0.188. The van der Waals surface area contributed by atoms with E-state index in [1.807, 2.05) is 30.3 Å². The first kappa shape index (κ1) is 15.5. The number of hydrogen-bond donors (Lipinski definition) is 1. The Balaban J connectivity index is 2.06. The highest BCUT2D eigenvalue weighted by Crippen LogP contribution is 2.23. The zero-order valence-electron chi connectivity index (χ0n) is 11.5. The number of carbonyl (C=O) groups is 1. The monoisotopic (exact) mass is 351 g/mol. The molecule has 2 aromatic carbocycles. The molecule has 5 heteroatoms. The summed E-state index contributed by atoms with van der Waals surface area (Å²) < 4.78 is 18.8. The summed E-state index contributed by atoms with van der Waals surface area (Å²) in [6, 6.07) is 14.0. The second-order valence-electron chi connectivity index (χ2n) is 4.41. The lowest BCUT2D eigenvalue weighted by Crippen LogP contribution is -2.28. The quantitative estimate of drug-likeness (QED) is 0.834. The Morgan fingerprint density at radius 1 is 1.24 bits per heavy atom. The summed E-state index contributed by atoms with van der Waals surface area (Å²) in [5.41, 5.74) is 0.964. The van der Waals surface area contributed by atoms with Gasteiger partial charge in [0.2, 0.25) is 0 Å². The molecule has 0 heterocycles. The SMILES string of the molecule is COc1cccc(F)c1C(=O)NCC(Br)c1ccccc1. The van der Waals surface area contributed by atoms with Crippen LogP contribution in [0.2, 0.25) is 0 Å². The largest absolute Gasteiger partial charge is 0.496 e. The van der Waals surface area contributed by atoms with Crippen LogP contribution in [0.5, 0.6) is 5.75 Å². The number of nitrogens with one attached hydrogen (secondary N) is 1. The summed E-state index contributed by atoms with van der Waals surface area (Å²) in [6.07, 6.45) is 0. The van der Waals surface area contributed by atoms with Crippen molar-refractivity contribution in [3.63, 3.8) is 0 Å². The Labute approximate surface area is 131 Å². The molecule has 0 aliphatic carbocycles. The molecule has 0 radical (unpaired) electrons. The van der Waals surface area contributed by atoms with Crippen LogP contribution in [0, 0.1) is 5.82 Å². The summed E-state index contributed by atoms with van der Waals surface area (Å²) in [5.74, 6) is -0.874. The van der Waals surface area contributed by atoms with Crippen molar-refractivity contribution in [3.05, 3.63) is 65.5 Å². The van der Waals surface area contributed by atoms with Gasteiger partial charge in [-0.2, -0.15) is 0 Å². The molecule has 0 aliphatic heterocycles. The van der Waals surface area contributed by atoms with E-state index in [4.69, 9.17) is 4.74 Å². The van der Waals surface area contributed by atoms with Crippen LogP contribution in [0.3, 0.4) is 0 Å². The number of rotatable bonds is 5. The number of halogens is 2. The van der Waals surface area contributed by atoms with Gasteiger partial charge in [0, 0.05) is 6.54 Å². The summed E-state index contributed by atoms with van der Waals surface area (Å²) in [7, 11) is 1.41. The minimum atomic E-state index is -0.599. The third-order valence-corrected chi connectivity index (χ3v) is 3.88. The summed E-state index contributed by atoms with van der Waals surface area (Å²) in [5, 5.41) is 2.71. The van der Waals surface area contributed by atoms with Crippen LogP contribution in [0.15, 0.2) is 48.5 Å². The van der Waals surface area contributed by atoms with Crippen LogP contribution < -0.4 is 10.1 Å². The van der Waals surface area contributed by atoms with Gasteiger partial charge in [0.25, 0.3) is 5.91 Å². The van der Waals surface area contributed by atoms with Gasteiger partial charge < -0.3 is 10.1 Å². The molecule has 0 saturated heterocycles. The van der Waals surface area contributed by atoms with Crippen LogP contribution >= 0.6 is 15.9 Å². The highest BCUT2D eigenvalue weighted by atomic mass is 79.9. The fourth-order valence-electron chi connectivity index (χ4n) is 1.95. The van der Waals surface area contributed by atoms with Gasteiger partial charge in [-0.15, -0.1) is 0 Å². The van der Waals surface area contributed by atoms with Crippen molar-refractivity contribution in [2.75, 3.05) is 13.7 Å². The van der Waals surface area contributed by atoms with Gasteiger partial charge in [-0.05, 0) is 17.7 Å². The number of hydrogen-bond acceptors (Lipinski definition) is 2. The first-order chi connectivity index (χ1) is 10.1. The molecule has 0 fully saturated rings. The van der Waals surface area contributed by atoms with E-state index in [2.05, 4.69) is 21.2 Å². The molecule has 1 unspecified atom stereocenters. The molecule has 0 spiro atoms. The highest BCUT2D eigenvalue weighted by Gasteiger charge is 2.18. The van der Waals surface area contributed by atoms with E-state index in [0.29, 0.717) is 6.54 Å². The molecular formula is C16H15BrFNO2. The second-order valence-corrected chi connectivity index (χ2v) is 5.51. The van der Waals surface area contributed by atoms with Crippen molar-refractivity contribution in [2.24, 2.45) is 0 Å². The average molecular weight is 352 g/mol. The number of methoxy groups -OCH3 is 1. The number of ether oxygens (including phenoxy) is 1. The number of benzene rings is 2. The zero-order valence-corrected chi connectivity index (χ0v) is 13.1. The Morgan fingerprint density at radius 2 is 1.95 bits per heavy atom. The molecule has 110 valence electrons. The molecule has 2 aromatic rings. The Morgan fingerprint density at radius 3 is 2.62 bits per heavy atom. The van der Waals surface area contributed by atoms with E-state index >= 15 is 0 Å². The maximum Gasteiger partial charge on any atom is 0.258 e. The number of alkyl halides is 1. The molecule has 0 saturated carbocycles. The van der Waals surface area contributed by atoms with Gasteiger partial charge in [-0.25, -0.2) is 4.39 Å². The van der Waals surface area contributed by atoms with Crippen molar-refractivity contribution < 1.29 is 13.9 Å². The summed E-state index contributed by atoms with van der Waals surface area (Å²) in [4.78, 5) is 12.1. The molecular weight excluding hydrogens is 337 g/mol. The standard InChI is InChI=1S/C16H15BrFNO2/c1-21-14-9-5-8-13(18)15(14)16(20)19-10-12(17)11-6-3-2-4-7-11/h2-9,12H,10H2,1H3,(H,19,20). The Hall–Kier alpha value is -1.88. The molecule has 1 N–H and O–H groups in total. The molecule has 0 aromatic heterocycles. The topological polar surface area (TPSA) is 38.3 Å². The van der Waals surface area contributed by atoms with Crippen LogP contribution in [-0.4, -0.2) is 19.6 Å². The van der Waals surface area contributed by atoms with Crippen LogP contribution in [0.25, 0.3) is 0 Å². The maximum atomic E-state index is 13.8. The van der Waals surface area contributed by atoms with E-state index in [-0.39, 0.29) is 16.1 Å². The number of amides is 1. The van der Waals surface area contributed by atoms with E-state index in [0.717, 1.165) is 5.56 Å². The molecule has 1 amide bonds. The van der Waals surface area contributed by atoms with Crippen LogP contribution in [-0.2, 0) is 0 Å². The van der Waals surface area contributed by atoms with Gasteiger partial charge in [-0.1, -0.05) is 52.3 Å². The van der Waals surface area contributed by atoms with Gasteiger partial charge in [0.05, 0.1) is 11.9 Å². The normalized spacial score (nSPS) is 11.8. The lowest BCUT2D eigenvalue weighted by atomic mass is 10.1. The lowest BCUT2D eigenvalue weighted by molar-refractivity contribution is 0.0946. The highest BCUT2D eigenvalue weighted by molar-refractivity contribution is 9.09. The Kier molecular flexibility index (Phi) is 5.33. The van der Waals surface area contributed by atoms with Crippen molar-refractivity contribution >= 4 is 21.8 Å². The predicted molar refractivity (Wildman–Crippen MR) is 83.4 cm³/mol. The molecule has 3 nitrogen and oxygen atoms in total. The van der Waals surface area contributed by atoms with E-state index < -0.39 is 11.7 Å². The average Bonchev–Trinajstić information content (AvgIpc) is 2.52. The number of carbonyl (C=O) groups excluding carboxylic acids is 1. The Bertz CT molecular complexity index is 619. The van der Waals surface area contributed by atoms with E-state index in [1.165, 1.54) is 19.2 Å². The van der Waals surface area contributed by atoms with E-state index in [9.17, 15) is 9.18 Å². The van der Waals surface area contributed by atoms with Gasteiger partial charge in [0.1, 0.15) is 17.1 Å². The van der Waals surface area contributed by atoms with Crippen LogP contribution in [0.4, 0.5) is 4.39 Å². The summed E-state index contributed by atoms with van der Waals surface area (Å²) >= 11 is 3.50. The molecule has 21 heavy (non-hydrogen) atoms. The van der Waals surface area contributed by atoms with E-state index in [1.54, 1.807) is 6.07 Å². The third-order valence-electron chi connectivity index (χ3n) is 3.03. The van der Waals surface area contributed by atoms with Gasteiger partial charge in [0.15, 0.2) is 0 Å². The molecule has 2 rings (SSSR count). The smallest absolute Gasteiger partial charge is 0.258 e. The fourth-order valence-corrected chi connectivity index (χ4v) is 2.41. The van der Waals surface area contributed by atoms with Crippen molar-refractivity contribution in [1.82, 2.24) is 5.32 Å². The van der Waals surface area contributed by atoms with Gasteiger partial charge in [-0.3, -0.25) is 4.79 Å². The van der Waals surface area contributed by atoms with Crippen molar-refractivity contribution in [1.29, 1.82) is 0 Å². The maximum absolute atomic E-state index is 13.8.